The normalized spacial score (nSPS) is 10.2. The molecule has 0 aliphatic heterocycles. The zero-order valence-electron chi connectivity index (χ0n) is 11.1. The Balaban J connectivity index is 1.90. The van der Waals surface area contributed by atoms with E-state index >= 15 is 0 Å². The SMILES string of the molecule is NC(=S)c1cc(Br)ccc1NCCCc1ccccc1. The molecule has 2 nitrogen and oxygen atoms in total. The number of benzene rings is 2. The van der Waals surface area contributed by atoms with Gasteiger partial charge in [-0.1, -0.05) is 58.5 Å². The molecule has 0 aliphatic carbocycles. The van der Waals surface area contributed by atoms with Crippen LogP contribution in [0.1, 0.15) is 17.5 Å². The third-order valence-corrected chi connectivity index (χ3v) is 3.76. The van der Waals surface area contributed by atoms with Gasteiger partial charge in [0.1, 0.15) is 4.99 Å². The second-order valence-electron chi connectivity index (χ2n) is 4.57. The van der Waals surface area contributed by atoms with Crippen LogP contribution in [0.15, 0.2) is 53.0 Å². The summed E-state index contributed by atoms with van der Waals surface area (Å²) in [5, 5.41) is 3.40. The molecule has 104 valence electrons. The van der Waals surface area contributed by atoms with Crippen molar-refractivity contribution in [2.45, 2.75) is 12.8 Å². The Morgan fingerprint density at radius 1 is 1.15 bits per heavy atom. The molecule has 0 radical (unpaired) electrons. The molecule has 0 heterocycles. The van der Waals surface area contributed by atoms with E-state index in [1.165, 1.54) is 5.56 Å². The highest BCUT2D eigenvalue weighted by Gasteiger charge is 2.05. The molecule has 0 atom stereocenters. The average Bonchev–Trinajstić information content (AvgIpc) is 2.45. The molecular formula is C16H17BrN2S. The van der Waals surface area contributed by atoms with Crippen molar-refractivity contribution in [2.75, 3.05) is 11.9 Å². The van der Waals surface area contributed by atoms with Crippen LogP contribution in [0.25, 0.3) is 0 Å². The smallest absolute Gasteiger partial charge is 0.106 e. The monoisotopic (exact) mass is 348 g/mol. The summed E-state index contributed by atoms with van der Waals surface area (Å²) in [5.74, 6) is 0. The van der Waals surface area contributed by atoms with E-state index in [0.29, 0.717) is 4.99 Å². The predicted molar refractivity (Wildman–Crippen MR) is 93.3 cm³/mol. The van der Waals surface area contributed by atoms with Crippen LogP contribution < -0.4 is 11.1 Å². The second-order valence-corrected chi connectivity index (χ2v) is 5.93. The molecule has 0 bridgehead atoms. The number of thiocarbonyl (C=S) groups is 1. The maximum Gasteiger partial charge on any atom is 0.106 e. The molecule has 3 N–H and O–H groups in total. The third kappa shape index (κ3) is 4.32. The molecule has 0 spiro atoms. The summed E-state index contributed by atoms with van der Waals surface area (Å²) in [6.07, 6.45) is 2.13. The van der Waals surface area contributed by atoms with Crippen LogP contribution in [-0.4, -0.2) is 11.5 Å². The van der Waals surface area contributed by atoms with Crippen LogP contribution >= 0.6 is 28.1 Å². The van der Waals surface area contributed by atoms with Crippen molar-refractivity contribution in [2.24, 2.45) is 5.73 Å². The zero-order chi connectivity index (χ0) is 14.4. The van der Waals surface area contributed by atoms with E-state index < -0.39 is 0 Å². The molecule has 2 rings (SSSR count). The quantitative estimate of drug-likeness (QED) is 0.608. The van der Waals surface area contributed by atoms with Crippen molar-refractivity contribution in [3.8, 4) is 0 Å². The zero-order valence-corrected chi connectivity index (χ0v) is 13.5. The van der Waals surface area contributed by atoms with Crippen molar-refractivity contribution in [3.63, 3.8) is 0 Å². The summed E-state index contributed by atoms with van der Waals surface area (Å²) in [6.45, 7) is 0.895. The summed E-state index contributed by atoms with van der Waals surface area (Å²) >= 11 is 8.52. The van der Waals surface area contributed by atoms with E-state index in [0.717, 1.165) is 35.1 Å². The first-order valence-corrected chi connectivity index (χ1v) is 7.74. The first-order valence-electron chi connectivity index (χ1n) is 6.54. The van der Waals surface area contributed by atoms with Gasteiger partial charge in [0.2, 0.25) is 0 Å². The van der Waals surface area contributed by atoms with Gasteiger partial charge in [-0.3, -0.25) is 0 Å². The van der Waals surface area contributed by atoms with Crippen molar-refractivity contribution in [3.05, 3.63) is 64.1 Å². The summed E-state index contributed by atoms with van der Waals surface area (Å²) < 4.78 is 0.982. The third-order valence-electron chi connectivity index (χ3n) is 3.05. The lowest BCUT2D eigenvalue weighted by Crippen LogP contribution is -2.14. The molecule has 0 saturated heterocycles. The number of halogens is 1. The highest BCUT2D eigenvalue weighted by atomic mass is 79.9. The number of nitrogens with one attached hydrogen (secondary N) is 1. The van der Waals surface area contributed by atoms with E-state index in [2.05, 4.69) is 45.5 Å². The number of hydrogen-bond acceptors (Lipinski definition) is 2. The summed E-state index contributed by atoms with van der Waals surface area (Å²) in [4.78, 5) is 0.414. The molecule has 20 heavy (non-hydrogen) atoms. The molecule has 0 saturated carbocycles. The minimum atomic E-state index is 0.414. The topological polar surface area (TPSA) is 38.0 Å². The van der Waals surface area contributed by atoms with Gasteiger partial charge in [0, 0.05) is 22.3 Å². The van der Waals surface area contributed by atoms with Gasteiger partial charge in [0.25, 0.3) is 0 Å². The number of rotatable bonds is 6. The van der Waals surface area contributed by atoms with Crippen LogP contribution in [0.3, 0.4) is 0 Å². The second kappa shape index (κ2) is 7.41. The number of anilines is 1. The Kier molecular flexibility index (Phi) is 5.56. The molecule has 0 aliphatic rings. The number of nitrogens with two attached hydrogens (primary N) is 1. The van der Waals surface area contributed by atoms with Crippen LogP contribution in [0, 0.1) is 0 Å². The van der Waals surface area contributed by atoms with E-state index in [9.17, 15) is 0 Å². The van der Waals surface area contributed by atoms with Crippen LogP contribution in [0.4, 0.5) is 5.69 Å². The number of hydrogen-bond donors (Lipinski definition) is 2. The van der Waals surface area contributed by atoms with Crippen LogP contribution in [-0.2, 0) is 6.42 Å². The lowest BCUT2D eigenvalue weighted by molar-refractivity contribution is 0.863. The van der Waals surface area contributed by atoms with E-state index in [1.54, 1.807) is 0 Å². The van der Waals surface area contributed by atoms with Gasteiger partial charge in [-0.2, -0.15) is 0 Å². The Hall–Kier alpha value is -1.39. The van der Waals surface area contributed by atoms with E-state index in [4.69, 9.17) is 18.0 Å². The Bertz CT molecular complexity index is 584. The molecule has 0 fully saturated rings. The summed E-state index contributed by atoms with van der Waals surface area (Å²) in [6, 6.07) is 16.4. The molecule has 0 unspecified atom stereocenters. The molecule has 2 aromatic rings. The van der Waals surface area contributed by atoms with Gasteiger partial charge in [0.15, 0.2) is 0 Å². The highest BCUT2D eigenvalue weighted by molar-refractivity contribution is 9.10. The van der Waals surface area contributed by atoms with Crippen molar-refractivity contribution >= 4 is 38.8 Å². The molecular weight excluding hydrogens is 332 g/mol. The van der Waals surface area contributed by atoms with Gasteiger partial charge >= 0.3 is 0 Å². The predicted octanol–water partition coefficient (Wildman–Crippen LogP) is 4.13. The molecule has 0 amide bonds. The van der Waals surface area contributed by atoms with E-state index in [1.807, 2.05) is 24.3 Å². The largest absolute Gasteiger partial charge is 0.389 e. The first kappa shape index (κ1) is 15.0. The van der Waals surface area contributed by atoms with Crippen molar-refractivity contribution in [1.82, 2.24) is 0 Å². The van der Waals surface area contributed by atoms with Crippen molar-refractivity contribution < 1.29 is 0 Å². The maximum absolute atomic E-state index is 5.75. The summed E-state index contributed by atoms with van der Waals surface area (Å²) in [5.41, 5.74) is 8.99. The Morgan fingerprint density at radius 3 is 2.60 bits per heavy atom. The average molecular weight is 349 g/mol. The Labute approximate surface area is 133 Å². The highest BCUT2D eigenvalue weighted by Crippen LogP contribution is 2.21. The lowest BCUT2D eigenvalue weighted by atomic mass is 10.1. The van der Waals surface area contributed by atoms with Crippen LogP contribution in [0.5, 0.6) is 0 Å². The molecule has 4 heteroatoms. The van der Waals surface area contributed by atoms with Gasteiger partial charge in [-0.15, -0.1) is 0 Å². The fourth-order valence-corrected chi connectivity index (χ4v) is 2.56. The minimum Gasteiger partial charge on any atom is -0.389 e. The fourth-order valence-electron chi connectivity index (χ4n) is 2.03. The van der Waals surface area contributed by atoms with Gasteiger partial charge < -0.3 is 11.1 Å². The van der Waals surface area contributed by atoms with Gasteiger partial charge in [0.05, 0.1) is 0 Å². The van der Waals surface area contributed by atoms with Crippen LogP contribution in [0.2, 0.25) is 0 Å². The fraction of sp³-hybridized carbons (Fsp3) is 0.188. The Morgan fingerprint density at radius 2 is 1.90 bits per heavy atom. The lowest BCUT2D eigenvalue weighted by Gasteiger charge is -2.11. The maximum atomic E-state index is 5.75. The van der Waals surface area contributed by atoms with Gasteiger partial charge in [-0.05, 0) is 36.6 Å². The number of aryl methyl sites for hydroxylation is 1. The van der Waals surface area contributed by atoms with Crippen molar-refractivity contribution in [1.29, 1.82) is 0 Å². The first-order chi connectivity index (χ1) is 9.66. The minimum absolute atomic E-state index is 0.414. The summed E-state index contributed by atoms with van der Waals surface area (Å²) in [7, 11) is 0. The van der Waals surface area contributed by atoms with Gasteiger partial charge in [-0.25, -0.2) is 0 Å². The molecule has 0 aromatic heterocycles. The van der Waals surface area contributed by atoms with E-state index in [-0.39, 0.29) is 0 Å². The molecule has 2 aromatic carbocycles. The standard InChI is InChI=1S/C16H17BrN2S/c17-13-8-9-15(14(11-13)16(18)20)19-10-4-7-12-5-2-1-3-6-12/h1-3,5-6,8-9,11,19H,4,7,10H2,(H2,18,20).